The highest BCUT2D eigenvalue weighted by Gasteiger charge is 2.04. The molecule has 0 fully saturated rings. The van der Waals surface area contributed by atoms with Crippen LogP contribution < -0.4 is 0 Å². The molecule has 10 heteroatoms. The molecule has 17 heavy (non-hydrogen) atoms. The van der Waals surface area contributed by atoms with Crippen molar-refractivity contribution in [3.8, 4) is 0 Å². The minimum Gasteiger partial charge on any atom is -0.473 e. The number of carbonyl (C=O) groups is 4. The molecule has 94 valence electrons. The number of H-pyrrole nitrogens is 1. The standard InChI is InChI=1S/C3H4N2.2C2H2O4/c1-2-5-3-4-1;2*3-1(4)2(5)6/h1-3H,(H,4,5);2*(H,3,4)(H,5,6). The van der Waals surface area contributed by atoms with Crippen molar-refractivity contribution in [2.75, 3.05) is 0 Å². The SMILES string of the molecule is O=C(O)C(=O)O.O=C(O)C(=O)O.c1c[nH]cn1. The summed E-state index contributed by atoms with van der Waals surface area (Å²) < 4.78 is 0. The number of aromatic nitrogens is 2. The number of hydrogen-bond donors (Lipinski definition) is 5. The highest BCUT2D eigenvalue weighted by Crippen LogP contribution is 1.62. The zero-order valence-corrected chi connectivity index (χ0v) is 8.10. The molecule has 1 aromatic heterocycles. The van der Waals surface area contributed by atoms with Gasteiger partial charge in [0, 0.05) is 12.4 Å². The summed E-state index contributed by atoms with van der Waals surface area (Å²) in [6, 6.07) is 0. The summed E-state index contributed by atoms with van der Waals surface area (Å²) in [4.78, 5) is 42.8. The van der Waals surface area contributed by atoms with E-state index < -0.39 is 23.9 Å². The summed E-state index contributed by atoms with van der Waals surface area (Å²) in [6.07, 6.45) is 5.08. The molecule has 0 saturated carbocycles. The molecule has 1 rings (SSSR count). The van der Waals surface area contributed by atoms with Gasteiger partial charge < -0.3 is 25.4 Å². The Morgan fingerprint density at radius 1 is 0.824 bits per heavy atom. The Hall–Kier alpha value is -2.91. The summed E-state index contributed by atoms with van der Waals surface area (Å²) in [5, 5.41) is 29.6. The van der Waals surface area contributed by atoms with E-state index in [-0.39, 0.29) is 0 Å². The second kappa shape index (κ2) is 9.64. The predicted octanol–water partition coefficient (Wildman–Crippen LogP) is -1.28. The molecule has 0 saturated heterocycles. The normalized spacial score (nSPS) is 7.53. The molecule has 1 aromatic rings. The van der Waals surface area contributed by atoms with Crippen molar-refractivity contribution in [1.29, 1.82) is 0 Å². The number of aromatic amines is 1. The van der Waals surface area contributed by atoms with E-state index in [9.17, 15) is 0 Å². The van der Waals surface area contributed by atoms with Crippen LogP contribution in [-0.4, -0.2) is 54.3 Å². The quantitative estimate of drug-likeness (QED) is 0.349. The lowest BCUT2D eigenvalue weighted by molar-refractivity contribution is -0.159. The van der Waals surface area contributed by atoms with Crippen molar-refractivity contribution in [3.05, 3.63) is 18.7 Å². The number of rotatable bonds is 0. The fraction of sp³-hybridized carbons (Fsp3) is 0. The summed E-state index contributed by atoms with van der Waals surface area (Å²) in [6.45, 7) is 0. The van der Waals surface area contributed by atoms with Crippen LogP contribution >= 0.6 is 0 Å². The van der Waals surface area contributed by atoms with Gasteiger partial charge in [0.25, 0.3) is 0 Å². The van der Waals surface area contributed by atoms with Crippen molar-refractivity contribution < 1.29 is 39.6 Å². The van der Waals surface area contributed by atoms with Gasteiger partial charge in [-0.2, -0.15) is 0 Å². The number of nitrogens with one attached hydrogen (secondary N) is 1. The van der Waals surface area contributed by atoms with Gasteiger partial charge in [0.1, 0.15) is 0 Å². The molecule has 0 aliphatic rings. The number of aliphatic carboxylic acids is 4. The maximum absolute atomic E-state index is 9.10. The molecule has 0 aliphatic carbocycles. The van der Waals surface area contributed by atoms with Gasteiger partial charge in [-0.05, 0) is 0 Å². The van der Waals surface area contributed by atoms with Crippen LogP contribution in [-0.2, 0) is 19.2 Å². The van der Waals surface area contributed by atoms with Crippen LogP contribution in [0.15, 0.2) is 18.7 Å². The van der Waals surface area contributed by atoms with Crippen molar-refractivity contribution in [3.63, 3.8) is 0 Å². The molecule has 0 aromatic carbocycles. The van der Waals surface area contributed by atoms with Gasteiger partial charge in [0.15, 0.2) is 0 Å². The van der Waals surface area contributed by atoms with Crippen LogP contribution in [0.3, 0.4) is 0 Å². The van der Waals surface area contributed by atoms with Gasteiger partial charge in [-0.15, -0.1) is 0 Å². The van der Waals surface area contributed by atoms with Crippen LogP contribution in [0.2, 0.25) is 0 Å². The third kappa shape index (κ3) is 15.8. The van der Waals surface area contributed by atoms with Gasteiger partial charge in [-0.25, -0.2) is 24.2 Å². The Kier molecular flexibility index (Phi) is 9.36. The maximum atomic E-state index is 9.10. The summed E-state index contributed by atoms with van der Waals surface area (Å²) >= 11 is 0. The van der Waals surface area contributed by atoms with E-state index >= 15 is 0 Å². The molecule has 0 bridgehead atoms. The first kappa shape index (κ1) is 16.5. The van der Waals surface area contributed by atoms with Gasteiger partial charge in [0.2, 0.25) is 0 Å². The van der Waals surface area contributed by atoms with E-state index in [1.165, 1.54) is 0 Å². The summed E-state index contributed by atoms with van der Waals surface area (Å²) in [5.41, 5.74) is 0. The highest BCUT2D eigenvalue weighted by atomic mass is 16.4. The molecule has 10 nitrogen and oxygen atoms in total. The van der Waals surface area contributed by atoms with Crippen molar-refractivity contribution in [1.82, 2.24) is 9.97 Å². The first-order chi connectivity index (χ1) is 7.79. The maximum Gasteiger partial charge on any atom is 0.414 e. The Bertz CT molecular complexity index is 306. The number of carboxylic acid groups (broad SMARTS) is 4. The van der Waals surface area contributed by atoms with Crippen molar-refractivity contribution >= 4 is 23.9 Å². The van der Waals surface area contributed by atoms with E-state index in [1.54, 1.807) is 18.7 Å². The zero-order valence-electron chi connectivity index (χ0n) is 8.10. The second-order valence-corrected chi connectivity index (χ2v) is 1.98. The molecular formula is C7H8N2O8. The average Bonchev–Trinajstić information content (AvgIpc) is 2.75. The van der Waals surface area contributed by atoms with E-state index in [0.29, 0.717) is 0 Å². The third-order valence-corrected chi connectivity index (χ3v) is 0.772. The Labute approximate surface area is 93.2 Å². The molecule has 1 heterocycles. The van der Waals surface area contributed by atoms with E-state index in [4.69, 9.17) is 39.6 Å². The largest absolute Gasteiger partial charge is 0.473 e. The van der Waals surface area contributed by atoms with Crippen LogP contribution in [0, 0.1) is 0 Å². The first-order valence-electron chi connectivity index (χ1n) is 3.64. The topological polar surface area (TPSA) is 178 Å². The molecule has 0 unspecified atom stereocenters. The summed E-state index contributed by atoms with van der Waals surface area (Å²) in [7, 11) is 0. The van der Waals surface area contributed by atoms with E-state index in [0.717, 1.165) is 0 Å². The van der Waals surface area contributed by atoms with Gasteiger partial charge in [-0.1, -0.05) is 0 Å². The molecule has 5 N–H and O–H groups in total. The molecule has 0 amide bonds. The number of hydrogen-bond acceptors (Lipinski definition) is 5. The fourth-order valence-electron chi connectivity index (χ4n) is 0.215. The number of imidazole rings is 1. The molecule has 0 atom stereocenters. The van der Waals surface area contributed by atoms with E-state index in [2.05, 4.69) is 9.97 Å². The first-order valence-corrected chi connectivity index (χ1v) is 3.64. The van der Waals surface area contributed by atoms with Crippen molar-refractivity contribution in [2.24, 2.45) is 0 Å². The predicted molar refractivity (Wildman–Crippen MR) is 49.1 cm³/mol. The number of nitrogens with zero attached hydrogens (tertiary/aromatic N) is 1. The Balaban J connectivity index is 0. The fourth-order valence-corrected chi connectivity index (χ4v) is 0.215. The molecule has 0 spiro atoms. The molecule has 0 aliphatic heterocycles. The average molecular weight is 248 g/mol. The smallest absolute Gasteiger partial charge is 0.414 e. The van der Waals surface area contributed by atoms with Crippen LogP contribution in [0.25, 0.3) is 0 Å². The third-order valence-electron chi connectivity index (χ3n) is 0.772. The molecular weight excluding hydrogens is 240 g/mol. The minimum atomic E-state index is -1.82. The number of carboxylic acids is 4. The highest BCUT2D eigenvalue weighted by molar-refractivity contribution is 6.27. The van der Waals surface area contributed by atoms with Crippen LogP contribution in [0.1, 0.15) is 0 Å². The lowest BCUT2D eigenvalue weighted by atomic mass is 10.7. The minimum absolute atomic E-state index is 1.62. The monoisotopic (exact) mass is 248 g/mol. The second-order valence-electron chi connectivity index (χ2n) is 1.98. The van der Waals surface area contributed by atoms with Crippen LogP contribution in [0.5, 0.6) is 0 Å². The molecule has 0 radical (unpaired) electrons. The van der Waals surface area contributed by atoms with E-state index in [1.807, 2.05) is 0 Å². The zero-order chi connectivity index (χ0) is 13.8. The van der Waals surface area contributed by atoms with Crippen molar-refractivity contribution in [2.45, 2.75) is 0 Å². The Morgan fingerprint density at radius 2 is 1.18 bits per heavy atom. The summed E-state index contributed by atoms with van der Waals surface area (Å²) in [5.74, 6) is -7.30. The Morgan fingerprint density at radius 3 is 1.24 bits per heavy atom. The van der Waals surface area contributed by atoms with Gasteiger partial charge in [0.05, 0.1) is 6.33 Å². The lowest BCUT2D eigenvalue weighted by Crippen LogP contribution is -2.09. The van der Waals surface area contributed by atoms with Gasteiger partial charge in [-0.3, -0.25) is 0 Å². The van der Waals surface area contributed by atoms with Gasteiger partial charge >= 0.3 is 23.9 Å². The van der Waals surface area contributed by atoms with Crippen LogP contribution in [0.4, 0.5) is 0 Å². The lowest BCUT2D eigenvalue weighted by Gasteiger charge is -1.72.